The zero-order valence-electron chi connectivity index (χ0n) is 12.8. The third kappa shape index (κ3) is 3.40. The quantitative estimate of drug-likeness (QED) is 0.669. The summed E-state index contributed by atoms with van der Waals surface area (Å²) < 4.78 is 10.7. The van der Waals surface area contributed by atoms with Gasteiger partial charge in [-0.15, -0.1) is 0 Å². The third-order valence-corrected chi connectivity index (χ3v) is 4.13. The van der Waals surface area contributed by atoms with Crippen molar-refractivity contribution in [2.45, 2.75) is 0 Å². The molecule has 1 aliphatic rings. The van der Waals surface area contributed by atoms with E-state index in [4.69, 9.17) is 32.7 Å². The summed E-state index contributed by atoms with van der Waals surface area (Å²) in [5, 5.41) is 7.22. The van der Waals surface area contributed by atoms with E-state index in [-0.39, 0.29) is 6.79 Å². The summed E-state index contributed by atoms with van der Waals surface area (Å²) in [5.41, 5.74) is 1.38. The van der Waals surface area contributed by atoms with Gasteiger partial charge in [-0.25, -0.2) is 4.98 Å². The molecule has 0 atom stereocenters. The molecule has 0 saturated carbocycles. The molecular formula is C17H12Cl2N4O2. The molecule has 126 valence electrons. The Bertz CT molecular complexity index is 916. The molecule has 4 rings (SSSR count). The molecule has 25 heavy (non-hydrogen) atoms. The molecule has 0 unspecified atom stereocenters. The highest BCUT2D eigenvalue weighted by molar-refractivity contribution is 6.39. The van der Waals surface area contributed by atoms with Gasteiger partial charge in [0.1, 0.15) is 5.82 Å². The van der Waals surface area contributed by atoms with Crippen LogP contribution in [0.15, 0.2) is 48.7 Å². The zero-order chi connectivity index (χ0) is 17.2. The Morgan fingerprint density at radius 1 is 0.920 bits per heavy atom. The first kappa shape index (κ1) is 15.8. The summed E-state index contributed by atoms with van der Waals surface area (Å²) in [5.74, 6) is 2.41. The second-order valence-electron chi connectivity index (χ2n) is 5.18. The fraction of sp³-hybridized carbons (Fsp3) is 0.0588. The van der Waals surface area contributed by atoms with Crippen molar-refractivity contribution < 1.29 is 9.47 Å². The number of halogens is 2. The van der Waals surface area contributed by atoms with E-state index in [1.807, 2.05) is 18.2 Å². The minimum Gasteiger partial charge on any atom is -0.454 e. The van der Waals surface area contributed by atoms with Gasteiger partial charge in [0.15, 0.2) is 11.5 Å². The molecule has 2 N–H and O–H groups in total. The van der Waals surface area contributed by atoms with Crippen LogP contribution >= 0.6 is 23.2 Å². The highest BCUT2D eigenvalue weighted by Gasteiger charge is 2.13. The van der Waals surface area contributed by atoms with Crippen molar-refractivity contribution in [3.63, 3.8) is 0 Å². The molecule has 0 aliphatic carbocycles. The number of para-hydroxylation sites is 1. The van der Waals surface area contributed by atoms with Crippen LogP contribution in [0.2, 0.25) is 10.0 Å². The molecule has 2 aromatic carbocycles. The SMILES string of the molecule is Clc1cccc(Cl)c1Nc1nccc(Nc2ccc3c(c2)OCO3)n1. The summed E-state index contributed by atoms with van der Waals surface area (Å²) in [6, 6.07) is 12.6. The lowest BCUT2D eigenvalue weighted by molar-refractivity contribution is 0.174. The molecule has 8 heteroatoms. The lowest BCUT2D eigenvalue weighted by Crippen LogP contribution is -2.01. The number of rotatable bonds is 4. The summed E-state index contributed by atoms with van der Waals surface area (Å²) >= 11 is 12.3. The van der Waals surface area contributed by atoms with Crippen LogP contribution in [0.5, 0.6) is 11.5 Å². The maximum atomic E-state index is 6.16. The molecule has 6 nitrogen and oxygen atoms in total. The van der Waals surface area contributed by atoms with Gasteiger partial charge in [0.25, 0.3) is 0 Å². The van der Waals surface area contributed by atoms with E-state index in [0.29, 0.717) is 33.2 Å². The van der Waals surface area contributed by atoms with Gasteiger partial charge < -0.3 is 20.1 Å². The van der Waals surface area contributed by atoms with Crippen LogP contribution < -0.4 is 20.1 Å². The Morgan fingerprint density at radius 2 is 1.72 bits per heavy atom. The maximum Gasteiger partial charge on any atom is 0.231 e. The van der Waals surface area contributed by atoms with E-state index in [0.717, 1.165) is 11.4 Å². The molecule has 0 bridgehead atoms. The number of anilines is 4. The summed E-state index contributed by atoms with van der Waals surface area (Å²) in [6.45, 7) is 0.235. The number of benzene rings is 2. The second kappa shape index (κ2) is 6.66. The van der Waals surface area contributed by atoms with Gasteiger partial charge in [0, 0.05) is 18.0 Å². The Labute approximate surface area is 153 Å². The first-order valence-electron chi connectivity index (χ1n) is 7.40. The smallest absolute Gasteiger partial charge is 0.231 e. The van der Waals surface area contributed by atoms with Crippen LogP contribution in [-0.2, 0) is 0 Å². The fourth-order valence-electron chi connectivity index (χ4n) is 2.34. The van der Waals surface area contributed by atoms with Crippen LogP contribution in [0.25, 0.3) is 0 Å². The minimum atomic E-state index is 0.235. The molecular weight excluding hydrogens is 363 g/mol. The van der Waals surface area contributed by atoms with Crippen LogP contribution in [-0.4, -0.2) is 16.8 Å². The van der Waals surface area contributed by atoms with Gasteiger partial charge in [-0.2, -0.15) is 4.98 Å². The molecule has 0 saturated heterocycles. The van der Waals surface area contributed by atoms with Crippen molar-refractivity contribution >= 4 is 46.3 Å². The predicted molar refractivity (Wildman–Crippen MR) is 97.6 cm³/mol. The highest BCUT2D eigenvalue weighted by Crippen LogP contribution is 2.35. The van der Waals surface area contributed by atoms with Gasteiger partial charge in [0.2, 0.25) is 12.7 Å². The standard InChI is InChI=1S/C17H12Cl2N4O2/c18-11-2-1-3-12(19)16(11)23-17-20-7-6-15(22-17)21-10-4-5-13-14(8-10)25-9-24-13/h1-8H,9H2,(H2,20,21,22,23). The highest BCUT2D eigenvalue weighted by atomic mass is 35.5. The summed E-state index contributed by atoms with van der Waals surface area (Å²) in [7, 11) is 0. The Kier molecular flexibility index (Phi) is 4.21. The molecule has 0 spiro atoms. The number of hydrogen-bond donors (Lipinski definition) is 2. The molecule has 2 heterocycles. The van der Waals surface area contributed by atoms with Crippen LogP contribution in [0.1, 0.15) is 0 Å². The number of hydrogen-bond acceptors (Lipinski definition) is 6. The Hall–Kier alpha value is -2.70. The first-order chi connectivity index (χ1) is 12.2. The second-order valence-corrected chi connectivity index (χ2v) is 5.99. The van der Waals surface area contributed by atoms with Crippen molar-refractivity contribution in [3.05, 3.63) is 58.7 Å². The number of aromatic nitrogens is 2. The number of nitrogens with zero attached hydrogens (tertiary/aromatic N) is 2. The van der Waals surface area contributed by atoms with E-state index in [1.54, 1.807) is 30.5 Å². The minimum absolute atomic E-state index is 0.235. The van der Waals surface area contributed by atoms with E-state index in [1.165, 1.54) is 0 Å². The molecule has 0 fully saturated rings. The molecule has 0 amide bonds. The van der Waals surface area contributed by atoms with E-state index in [2.05, 4.69) is 20.6 Å². The largest absolute Gasteiger partial charge is 0.454 e. The van der Waals surface area contributed by atoms with E-state index < -0.39 is 0 Å². The van der Waals surface area contributed by atoms with Crippen molar-refractivity contribution in [2.75, 3.05) is 17.4 Å². The van der Waals surface area contributed by atoms with Gasteiger partial charge in [-0.3, -0.25) is 0 Å². The van der Waals surface area contributed by atoms with Gasteiger partial charge in [0.05, 0.1) is 15.7 Å². The Balaban J connectivity index is 1.55. The average Bonchev–Trinajstić information content (AvgIpc) is 3.06. The molecule has 1 aromatic heterocycles. The molecule has 0 radical (unpaired) electrons. The topological polar surface area (TPSA) is 68.3 Å². The fourth-order valence-corrected chi connectivity index (χ4v) is 2.83. The predicted octanol–water partition coefficient (Wildman–Crippen LogP) is 5.00. The first-order valence-corrected chi connectivity index (χ1v) is 8.15. The normalized spacial score (nSPS) is 12.1. The number of fused-ring (bicyclic) bond motifs is 1. The number of ether oxygens (including phenoxy) is 2. The van der Waals surface area contributed by atoms with Crippen LogP contribution in [0.3, 0.4) is 0 Å². The maximum absolute atomic E-state index is 6.16. The molecule has 3 aromatic rings. The van der Waals surface area contributed by atoms with Crippen molar-refractivity contribution in [1.82, 2.24) is 9.97 Å². The van der Waals surface area contributed by atoms with E-state index in [9.17, 15) is 0 Å². The summed E-state index contributed by atoms with van der Waals surface area (Å²) in [4.78, 5) is 8.61. The monoisotopic (exact) mass is 374 g/mol. The Morgan fingerprint density at radius 3 is 2.56 bits per heavy atom. The van der Waals surface area contributed by atoms with Gasteiger partial charge in [-0.1, -0.05) is 29.3 Å². The van der Waals surface area contributed by atoms with Gasteiger partial charge in [-0.05, 0) is 30.3 Å². The van der Waals surface area contributed by atoms with Crippen LogP contribution in [0.4, 0.5) is 23.1 Å². The van der Waals surface area contributed by atoms with Gasteiger partial charge >= 0.3 is 0 Å². The lowest BCUT2D eigenvalue weighted by atomic mass is 10.3. The van der Waals surface area contributed by atoms with Crippen molar-refractivity contribution in [3.8, 4) is 11.5 Å². The lowest BCUT2D eigenvalue weighted by Gasteiger charge is -2.11. The van der Waals surface area contributed by atoms with Crippen LogP contribution in [0, 0.1) is 0 Å². The van der Waals surface area contributed by atoms with Crippen molar-refractivity contribution in [1.29, 1.82) is 0 Å². The molecule has 1 aliphatic heterocycles. The third-order valence-electron chi connectivity index (χ3n) is 3.50. The van der Waals surface area contributed by atoms with E-state index >= 15 is 0 Å². The summed E-state index contributed by atoms with van der Waals surface area (Å²) in [6.07, 6.45) is 1.63. The average molecular weight is 375 g/mol. The number of nitrogens with one attached hydrogen (secondary N) is 2. The zero-order valence-corrected chi connectivity index (χ0v) is 14.3. The van der Waals surface area contributed by atoms with Crippen molar-refractivity contribution in [2.24, 2.45) is 0 Å².